The van der Waals surface area contributed by atoms with E-state index in [4.69, 9.17) is 9.84 Å². The van der Waals surface area contributed by atoms with Crippen LogP contribution in [-0.2, 0) is 14.3 Å². The molecule has 1 aromatic carbocycles. The molecule has 26 heavy (non-hydrogen) atoms. The van der Waals surface area contributed by atoms with Crippen molar-refractivity contribution in [2.75, 3.05) is 11.9 Å². The minimum Gasteiger partial charge on any atom is -0.507 e. The second-order valence-electron chi connectivity index (χ2n) is 6.08. The Balaban J connectivity index is 2.48. The fourth-order valence-electron chi connectivity index (χ4n) is 2.35. The Bertz CT molecular complexity index is 614. The number of carbonyl (C=O) groups excluding carboxylic acids is 2. The van der Waals surface area contributed by atoms with Crippen molar-refractivity contribution in [3.63, 3.8) is 0 Å². The summed E-state index contributed by atoms with van der Waals surface area (Å²) in [6, 6.07) is 4.03. The Morgan fingerprint density at radius 1 is 1.04 bits per heavy atom. The Kier molecular flexibility index (Phi) is 9.82. The molecule has 0 radical (unpaired) electrons. The minimum absolute atomic E-state index is 0.0352. The first-order chi connectivity index (χ1) is 12.4. The zero-order valence-electron chi connectivity index (χ0n) is 15.1. The highest BCUT2D eigenvalue weighted by Crippen LogP contribution is 2.23. The molecule has 1 amide bonds. The summed E-state index contributed by atoms with van der Waals surface area (Å²) >= 11 is 0. The molecule has 0 spiro atoms. The normalized spacial score (nSPS) is 10.3. The van der Waals surface area contributed by atoms with Crippen molar-refractivity contribution in [3.8, 4) is 5.75 Å². The third-order valence-electron chi connectivity index (χ3n) is 3.80. The Morgan fingerprint density at radius 2 is 1.73 bits per heavy atom. The molecule has 0 saturated carbocycles. The molecular formula is C19H27NO6. The highest BCUT2D eigenvalue weighted by Gasteiger charge is 2.14. The van der Waals surface area contributed by atoms with Crippen molar-refractivity contribution in [2.24, 2.45) is 0 Å². The Morgan fingerprint density at radius 3 is 2.42 bits per heavy atom. The van der Waals surface area contributed by atoms with E-state index in [2.05, 4.69) is 12.2 Å². The number of aliphatic carboxylic acids is 1. The molecule has 0 saturated heterocycles. The highest BCUT2D eigenvalue weighted by atomic mass is 16.5. The lowest BCUT2D eigenvalue weighted by Gasteiger charge is -2.09. The van der Waals surface area contributed by atoms with Gasteiger partial charge in [0.05, 0.1) is 13.0 Å². The van der Waals surface area contributed by atoms with E-state index in [1.165, 1.54) is 37.5 Å². The topological polar surface area (TPSA) is 113 Å². The number of phenols is 1. The number of phenolic OH excluding ortho intramolecular Hbond substituents is 1. The molecule has 0 unspecified atom stereocenters. The number of amides is 1. The van der Waals surface area contributed by atoms with E-state index in [-0.39, 0.29) is 30.8 Å². The van der Waals surface area contributed by atoms with Crippen LogP contribution in [0.5, 0.6) is 5.75 Å². The molecule has 0 aliphatic rings. The number of nitrogens with one attached hydrogen (secondary N) is 1. The van der Waals surface area contributed by atoms with Crippen molar-refractivity contribution >= 4 is 23.5 Å². The number of hydrogen-bond acceptors (Lipinski definition) is 5. The van der Waals surface area contributed by atoms with Crippen molar-refractivity contribution in [1.29, 1.82) is 0 Å². The summed E-state index contributed by atoms with van der Waals surface area (Å²) in [6.45, 7) is 2.43. The van der Waals surface area contributed by atoms with Gasteiger partial charge in [0, 0.05) is 12.1 Å². The van der Waals surface area contributed by atoms with E-state index in [1.54, 1.807) is 0 Å². The first-order valence-corrected chi connectivity index (χ1v) is 8.95. The summed E-state index contributed by atoms with van der Waals surface area (Å²) in [5, 5.41) is 20.9. The van der Waals surface area contributed by atoms with Gasteiger partial charge in [-0.2, -0.15) is 0 Å². The SMILES string of the molecule is CCCCCCCCOC(=O)c1cc(NC(=O)CCC(=O)O)ccc1O. The van der Waals surface area contributed by atoms with Crippen molar-refractivity contribution < 1.29 is 29.3 Å². The van der Waals surface area contributed by atoms with Gasteiger partial charge < -0.3 is 20.3 Å². The fourth-order valence-corrected chi connectivity index (χ4v) is 2.35. The molecule has 0 aromatic heterocycles. The van der Waals surface area contributed by atoms with Gasteiger partial charge in [-0.05, 0) is 24.6 Å². The quantitative estimate of drug-likeness (QED) is 0.296. The number of unbranched alkanes of at least 4 members (excludes halogenated alkanes) is 5. The van der Waals surface area contributed by atoms with Crippen LogP contribution in [0.25, 0.3) is 0 Å². The average Bonchev–Trinajstić information content (AvgIpc) is 2.60. The van der Waals surface area contributed by atoms with Crippen LogP contribution in [0.4, 0.5) is 5.69 Å². The lowest BCUT2D eigenvalue weighted by atomic mass is 10.1. The second kappa shape index (κ2) is 11.9. The maximum absolute atomic E-state index is 12.1. The number of anilines is 1. The second-order valence-corrected chi connectivity index (χ2v) is 6.08. The zero-order chi connectivity index (χ0) is 19.4. The fraction of sp³-hybridized carbons (Fsp3) is 0.526. The molecule has 1 aromatic rings. The Hall–Kier alpha value is -2.57. The summed E-state index contributed by atoms with van der Waals surface area (Å²) in [6.07, 6.45) is 5.96. The summed E-state index contributed by atoms with van der Waals surface area (Å²) in [5.74, 6) is -2.44. The van der Waals surface area contributed by atoms with Crippen LogP contribution in [0.3, 0.4) is 0 Å². The smallest absolute Gasteiger partial charge is 0.341 e. The van der Waals surface area contributed by atoms with Crippen LogP contribution in [0, 0.1) is 0 Å². The number of carboxylic acid groups (broad SMARTS) is 1. The summed E-state index contributed by atoms with van der Waals surface area (Å²) in [7, 11) is 0. The molecule has 0 aliphatic carbocycles. The summed E-state index contributed by atoms with van der Waals surface area (Å²) in [5.41, 5.74) is 0.261. The number of rotatable bonds is 12. The van der Waals surface area contributed by atoms with Crippen LogP contribution in [0.1, 0.15) is 68.6 Å². The van der Waals surface area contributed by atoms with Crippen molar-refractivity contribution in [1.82, 2.24) is 0 Å². The van der Waals surface area contributed by atoms with E-state index in [0.717, 1.165) is 19.3 Å². The number of aromatic hydroxyl groups is 1. The highest BCUT2D eigenvalue weighted by molar-refractivity contribution is 5.97. The van der Waals surface area contributed by atoms with Gasteiger partial charge in [-0.1, -0.05) is 39.0 Å². The van der Waals surface area contributed by atoms with Gasteiger partial charge in [0.25, 0.3) is 0 Å². The lowest BCUT2D eigenvalue weighted by Crippen LogP contribution is -2.14. The standard InChI is InChI=1S/C19H27NO6/c1-2-3-4-5-6-7-12-26-19(25)15-13-14(8-9-16(15)21)20-17(22)10-11-18(23)24/h8-9,13,21H,2-7,10-12H2,1H3,(H,20,22)(H,23,24). The predicted molar refractivity (Wildman–Crippen MR) is 97.3 cm³/mol. The first kappa shape index (κ1) is 21.5. The molecule has 144 valence electrons. The van der Waals surface area contributed by atoms with Gasteiger partial charge in [0.2, 0.25) is 5.91 Å². The van der Waals surface area contributed by atoms with Crippen molar-refractivity contribution in [2.45, 2.75) is 58.3 Å². The van der Waals surface area contributed by atoms with Gasteiger partial charge in [0.1, 0.15) is 11.3 Å². The third-order valence-corrected chi connectivity index (χ3v) is 3.80. The van der Waals surface area contributed by atoms with Crippen LogP contribution in [-0.4, -0.2) is 34.7 Å². The number of esters is 1. The molecule has 1 rings (SSSR count). The molecule has 0 atom stereocenters. The van der Waals surface area contributed by atoms with Crippen LogP contribution in [0.15, 0.2) is 18.2 Å². The molecule has 7 nitrogen and oxygen atoms in total. The number of ether oxygens (including phenoxy) is 1. The monoisotopic (exact) mass is 365 g/mol. The number of carbonyl (C=O) groups is 3. The van der Waals surface area contributed by atoms with Crippen LogP contribution >= 0.6 is 0 Å². The summed E-state index contributed by atoms with van der Waals surface area (Å²) < 4.78 is 5.17. The van der Waals surface area contributed by atoms with Gasteiger partial charge in [-0.3, -0.25) is 9.59 Å². The molecule has 3 N–H and O–H groups in total. The largest absolute Gasteiger partial charge is 0.507 e. The molecular weight excluding hydrogens is 338 g/mol. The zero-order valence-corrected chi connectivity index (χ0v) is 15.1. The maximum Gasteiger partial charge on any atom is 0.341 e. The van der Waals surface area contributed by atoms with Crippen LogP contribution < -0.4 is 5.32 Å². The number of hydrogen-bond donors (Lipinski definition) is 3. The summed E-state index contributed by atoms with van der Waals surface area (Å²) in [4.78, 5) is 34.2. The number of carboxylic acids is 1. The Labute approximate surface area is 153 Å². The maximum atomic E-state index is 12.1. The van der Waals surface area contributed by atoms with Gasteiger partial charge in [0.15, 0.2) is 0 Å². The predicted octanol–water partition coefficient (Wildman–Crippen LogP) is 3.71. The molecule has 0 bridgehead atoms. The van der Waals surface area contributed by atoms with E-state index >= 15 is 0 Å². The number of benzene rings is 1. The van der Waals surface area contributed by atoms with Crippen LogP contribution in [0.2, 0.25) is 0 Å². The molecule has 0 aliphatic heterocycles. The third kappa shape index (κ3) is 8.50. The molecule has 0 fully saturated rings. The minimum atomic E-state index is -1.06. The first-order valence-electron chi connectivity index (χ1n) is 8.95. The van der Waals surface area contributed by atoms with Gasteiger partial charge >= 0.3 is 11.9 Å². The molecule has 0 heterocycles. The van der Waals surface area contributed by atoms with E-state index in [9.17, 15) is 19.5 Å². The van der Waals surface area contributed by atoms with Crippen molar-refractivity contribution in [3.05, 3.63) is 23.8 Å². The lowest BCUT2D eigenvalue weighted by molar-refractivity contribution is -0.138. The van der Waals surface area contributed by atoms with E-state index in [0.29, 0.717) is 5.69 Å². The van der Waals surface area contributed by atoms with E-state index in [1.807, 2.05) is 0 Å². The van der Waals surface area contributed by atoms with Gasteiger partial charge in [-0.15, -0.1) is 0 Å². The average molecular weight is 365 g/mol. The van der Waals surface area contributed by atoms with Gasteiger partial charge in [-0.25, -0.2) is 4.79 Å². The molecule has 7 heteroatoms. The van der Waals surface area contributed by atoms with E-state index < -0.39 is 17.8 Å².